The molecule has 0 amide bonds. The fraction of sp³-hybridized carbons (Fsp3) is 0.438. The van der Waals surface area contributed by atoms with Gasteiger partial charge in [-0.2, -0.15) is 0 Å². The lowest BCUT2D eigenvalue weighted by Gasteiger charge is -2.16. The third-order valence-electron chi connectivity index (χ3n) is 3.24. The predicted molar refractivity (Wildman–Crippen MR) is 82.8 cm³/mol. The van der Waals surface area contributed by atoms with E-state index < -0.39 is 0 Å². The normalized spacial score (nSPS) is 12.5. The Morgan fingerprint density at radius 2 is 2.05 bits per heavy atom. The average molecular weight is 274 g/mol. The zero-order valence-corrected chi connectivity index (χ0v) is 12.5. The van der Waals surface area contributed by atoms with Crippen molar-refractivity contribution in [3.05, 3.63) is 52.0 Å². The van der Waals surface area contributed by atoms with Crippen molar-refractivity contribution in [3.63, 3.8) is 0 Å². The largest absolute Gasteiger partial charge is 0.314 e. The Balaban J connectivity index is 1.89. The van der Waals surface area contributed by atoms with Crippen molar-refractivity contribution >= 4 is 11.3 Å². The van der Waals surface area contributed by atoms with Crippen LogP contribution >= 0.6 is 11.3 Å². The zero-order valence-electron chi connectivity index (χ0n) is 11.7. The predicted octanol–water partition coefficient (Wildman–Crippen LogP) is 3.60. The molecule has 2 rings (SSSR count). The number of likely N-dealkylation sites (N-methyl/N-ethyl adjacent to an activating group) is 1. The maximum absolute atomic E-state index is 4.57. The third kappa shape index (κ3) is 4.77. The van der Waals surface area contributed by atoms with Crippen LogP contribution in [0.2, 0.25) is 0 Å². The summed E-state index contributed by atoms with van der Waals surface area (Å²) in [5.74, 6) is 0. The molecule has 3 heteroatoms. The molecule has 0 spiro atoms. The molecule has 1 N–H and O–H groups in total. The van der Waals surface area contributed by atoms with E-state index in [1.807, 2.05) is 0 Å². The number of nitrogens with one attached hydrogen (secondary N) is 1. The van der Waals surface area contributed by atoms with Crippen LogP contribution in [0.3, 0.4) is 0 Å². The van der Waals surface area contributed by atoms with E-state index in [0.717, 1.165) is 30.8 Å². The number of hydrogen-bond donors (Lipinski definition) is 1. The fourth-order valence-corrected chi connectivity index (χ4v) is 2.93. The molecule has 1 aromatic heterocycles. The second kappa shape index (κ2) is 7.41. The Morgan fingerprint density at radius 1 is 1.26 bits per heavy atom. The molecule has 19 heavy (non-hydrogen) atoms. The molecule has 0 saturated carbocycles. The van der Waals surface area contributed by atoms with E-state index in [-0.39, 0.29) is 0 Å². The van der Waals surface area contributed by atoms with Gasteiger partial charge < -0.3 is 5.32 Å². The third-order valence-corrected chi connectivity index (χ3v) is 4.06. The van der Waals surface area contributed by atoms with E-state index >= 15 is 0 Å². The average Bonchev–Trinajstić information content (AvgIpc) is 2.83. The van der Waals surface area contributed by atoms with Crippen LogP contribution in [0.1, 0.15) is 29.6 Å². The van der Waals surface area contributed by atoms with Crippen LogP contribution in [0, 0.1) is 6.92 Å². The van der Waals surface area contributed by atoms with Crippen LogP contribution in [0.5, 0.6) is 0 Å². The molecule has 2 nitrogen and oxygen atoms in total. The molecule has 1 aromatic carbocycles. The van der Waals surface area contributed by atoms with Gasteiger partial charge in [0.15, 0.2) is 0 Å². The Hall–Kier alpha value is -1.19. The fourth-order valence-electron chi connectivity index (χ4n) is 2.30. The van der Waals surface area contributed by atoms with Gasteiger partial charge in [-0.15, -0.1) is 11.3 Å². The standard InChI is InChI=1S/C16H22N2S/c1-3-17-15(11-16-12-19-13(2)18-16)10-9-14-7-5-4-6-8-14/h4-8,12,15,17H,3,9-11H2,1-2H3. The maximum atomic E-state index is 4.57. The molecule has 1 heterocycles. The lowest BCUT2D eigenvalue weighted by molar-refractivity contribution is 0.487. The molecule has 0 aliphatic heterocycles. The van der Waals surface area contributed by atoms with Crippen LogP contribution in [-0.4, -0.2) is 17.6 Å². The molecule has 0 fully saturated rings. The molecule has 102 valence electrons. The van der Waals surface area contributed by atoms with E-state index in [2.05, 4.69) is 59.9 Å². The van der Waals surface area contributed by atoms with Crippen LogP contribution in [0.4, 0.5) is 0 Å². The lowest BCUT2D eigenvalue weighted by atomic mass is 10.0. The SMILES string of the molecule is CCNC(CCc1ccccc1)Cc1csc(C)n1. The quantitative estimate of drug-likeness (QED) is 0.834. The van der Waals surface area contributed by atoms with Crippen molar-refractivity contribution in [2.75, 3.05) is 6.54 Å². The van der Waals surface area contributed by atoms with Gasteiger partial charge in [0, 0.05) is 17.8 Å². The van der Waals surface area contributed by atoms with Gasteiger partial charge in [-0.25, -0.2) is 4.98 Å². The summed E-state index contributed by atoms with van der Waals surface area (Å²) < 4.78 is 0. The Morgan fingerprint density at radius 3 is 2.68 bits per heavy atom. The molecule has 0 aliphatic rings. The molecule has 0 bridgehead atoms. The summed E-state index contributed by atoms with van der Waals surface area (Å²) in [5.41, 5.74) is 2.64. The number of aryl methyl sites for hydroxylation is 2. The van der Waals surface area contributed by atoms with Crippen molar-refractivity contribution in [3.8, 4) is 0 Å². The first-order valence-corrected chi connectivity index (χ1v) is 7.84. The number of thiazole rings is 1. The summed E-state index contributed by atoms with van der Waals surface area (Å²) in [6.45, 7) is 5.25. The van der Waals surface area contributed by atoms with Gasteiger partial charge in [0.25, 0.3) is 0 Å². The van der Waals surface area contributed by atoms with E-state index in [4.69, 9.17) is 0 Å². The summed E-state index contributed by atoms with van der Waals surface area (Å²) in [6, 6.07) is 11.2. The molecular weight excluding hydrogens is 252 g/mol. The van der Waals surface area contributed by atoms with Crippen LogP contribution < -0.4 is 5.32 Å². The summed E-state index contributed by atoms with van der Waals surface area (Å²) in [7, 11) is 0. The first-order chi connectivity index (χ1) is 9.28. The van der Waals surface area contributed by atoms with E-state index in [0.29, 0.717) is 6.04 Å². The highest BCUT2D eigenvalue weighted by Crippen LogP contribution is 2.13. The zero-order chi connectivity index (χ0) is 13.5. The first kappa shape index (κ1) is 14.2. The monoisotopic (exact) mass is 274 g/mol. The smallest absolute Gasteiger partial charge is 0.0897 e. The first-order valence-electron chi connectivity index (χ1n) is 6.96. The van der Waals surface area contributed by atoms with E-state index in [9.17, 15) is 0 Å². The van der Waals surface area contributed by atoms with Crippen molar-refractivity contribution in [2.45, 2.75) is 39.2 Å². The molecule has 0 radical (unpaired) electrons. The highest BCUT2D eigenvalue weighted by molar-refractivity contribution is 7.09. The van der Waals surface area contributed by atoms with Crippen molar-refractivity contribution in [2.24, 2.45) is 0 Å². The second-order valence-corrected chi connectivity index (χ2v) is 5.90. The van der Waals surface area contributed by atoms with Crippen molar-refractivity contribution < 1.29 is 0 Å². The van der Waals surface area contributed by atoms with Gasteiger partial charge in [0.05, 0.1) is 10.7 Å². The molecular formula is C16H22N2S. The maximum Gasteiger partial charge on any atom is 0.0897 e. The number of nitrogens with zero attached hydrogens (tertiary/aromatic N) is 1. The molecule has 2 aromatic rings. The number of aromatic nitrogens is 1. The summed E-state index contributed by atoms with van der Waals surface area (Å²) in [4.78, 5) is 4.57. The number of rotatable bonds is 7. The summed E-state index contributed by atoms with van der Waals surface area (Å²) >= 11 is 1.74. The van der Waals surface area contributed by atoms with Gasteiger partial charge >= 0.3 is 0 Å². The molecule has 1 atom stereocenters. The minimum absolute atomic E-state index is 0.520. The highest BCUT2D eigenvalue weighted by Gasteiger charge is 2.10. The Bertz CT molecular complexity index is 479. The van der Waals surface area contributed by atoms with Gasteiger partial charge in [-0.3, -0.25) is 0 Å². The number of benzene rings is 1. The van der Waals surface area contributed by atoms with Gasteiger partial charge in [0.2, 0.25) is 0 Å². The summed E-state index contributed by atoms with van der Waals surface area (Å²) in [6.07, 6.45) is 3.32. The van der Waals surface area contributed by atoms with Crippen molar-refractivity contribution in [1.82, 2.24) is 10.3 Å². The minimum Gasteiger partial charge on any atom is -0.314 e. The second-order valence-electron chi connectivity index (χ2n) is 4.84. The minimum atomic E-state index is 0.520. The number of hydrogen-bond acceptors (Lipinski definition) is 3. The van der Waals surface area contributed by atoms with Gasteiger partial charge in [-0.1, -0.05) is 37.3 Å². The Kier molecular flexibility index (Phi) is 5.55. The van der Waals surface area contributed by atoms with Gasteiger partial charge in [-0.05, 0) is 31.9 Å². The van der Waals surface area contributed by atoms with Crippen LogP contribution in [0.15, 0.2) is 35.7 Å². The molecule has 0 aliphatic carbocycles. The van der Waals surface area contributed by atoms with Gasteiger partial charge in [0.1, 0.15) is 0 Å². The summed E-state index contributed by atoms with van der Waals surface area (Å²) in [5, 5.41) is 6.92. The lowest BCUT2D eigenvalue weighted by Crippen LogP contribution is -2.31. The van der Waals surface area contributed by atoms with Crippen molar-refractivity contribution in [1.29, 1.82) is 0 Å². The molecule has 1 unspecified atom stereocenters. The van der Waals surface area contributed by atoms with Crippen LogP contribution in [0.25, 0.3) is 0 Å². The highest BCUT2D eigenvalue weighted by atomic mass is 32.1. The topological polar surface area (TPSA) is 24.9 Å². The van der Waals surface area contributed by atoms with Crippen LogP contribution in [-0.2, 0) is 12.8 Å². The van der Waals surface area contributed by atoms with E-state index in [1.165, 1.54) is 11.3 Å². The van der Waals surface area contributed by atoms with E-state index in [1.54, 1.807) is 11.3 Å². The molecule has 0 saturated heterocycles. The Labute approximate surface area is 119 Å².